The lowest BCUT2D eigenvalue weighted by atomic mass is 10.1. The fourth-order valence-corrected chi connectivity index (χ4v) is 2.97. The topological polar surface area (TPSA) is 113 Å². The second-order valence-electron chi connectivity index (χ2n) is 7.74. The Labute approximate surface area is 181 Å². The van der Waals surface area contributed by atoms with Crippen LogP contribution in [0.3, 0.4) is 0 Å². The molecular weight excluding hydrogens is 388 g/mol. The number of carbonyl (C=O) groups is 2. The standard InChI is InChI=1S/C15H24O7.C8H18/c1-2-3-4-5-6-7-8-11(17)21-9-10(16)14-12(18)13(19)15(20)22-14;1-3-5-7-8-6-4-2/h10,14,16,18-19H,2-9H2,1H3;3-8H2,1-2H3/t10-,14+;/m0./s1. The third kappa shape index (κ3) is 12.7. The van der Waals surface area contributed by atoms with E-state index in [2.05, 4.69) is 25.5 Å². The van der Waals surface area contributed by atoms with E-state index in [4.69, 9.17) is 9.84 Å². The quantitative estimate of drug-likeness (QED) is 0.240. The van der Waals surface area contributed by atoms with Crippen LogP contribution in [-0.2, 0) is 19.1 Å². The Morgan fingerprint density at radius 3 is 1.80 bits per heavy atom. The van der Waals surface area contributed by atoms with Crippen molar-refractivity contribution in [2.24, 2.45) is 0 Å². The molecule has 0 bridgehead atoms. The first-order valence-corrected chi connectivity index (χ1v) is 11.6. The van der Waals surface area contributed by atoms with E-state index in [9.17, 15) is 19.8 Å². The van der Waals surface area contributed by atoms with Crippen molar-refractivity contribution >= 4 is 11.9 Å². The second kappa shape index (κ2) is 18.0. The molecular formula is C23H42O7. The number of hydrogen-bond donors (Lipinski definition) is 3. The average Bonchev–Trinajstić information content (AvgIpc) is 3.00. The number of unbranched alkanes of at least 4 members (excludes halogenated alkanes) is 10. The van der Waals surface area contributed by atoms with E-state index in [0.717, 1.165) is 25.7 Å². The monoisotopic (exact) mass is 430 g/mol. The summed E-state index contributed by atoms with van der Waals surface area (Å²) < 4.78 is 9.43. The maximum Gasteiger partial charge on any atom is 0.377 e. The summed E-state index contributed by atoms with van der Waals surface area (Å²) in [5.41, 5.74) is 0. The predicted molar refractivity (Wildman–Crippen MR) is 116 cm³/mol. The molecule has 3 N–H and O–H groups in total. The normalized spacial score (nSPS) is 16.7. The Hall–Kier alpha value is -1.76. The minimum absolute atomic E-state index is 0.260. The van der Waals surface area contributed by atoms with Crippen LogP contribution < -0.4 is 0 Å². The van der Waals surface area contributed by atoms with Gasteiger partial charge in [-0.3, -0.25) is 4.79 Å². The summed E-state index contributed by atoms with van der Waals surface area (Å²) in [5.74, 6) is -3.24. The first-order valence-electron chi connectivity index (χ1n) is 11.6. The molecule has 0 aliphatic carbocycles. The van der Waals surface area contributed by atoms with Crippen LogP contribution in [0.15, 0.2) is 11.5 Å². The van der Waals surface area contributed by atoms with Gasteiger partial charge in [0.15, 0.2) is 11.9 Å². The summed E-state index contributed by atoms with van der Waals surface area (Å²) in [7, 11) is 0. The van der Waals surface area contributed by atoms with Gasteiger partial charge in [-0.1, -0.05) is 91.4 Å². The summed E-state index contributed by atoms with van der Waals surface area (Å²) in [4.78, 5) is 22.5. The second-order valence-corrected chi connectivity index (χ2v) is 7.74. The molecule has 7 heteroatoms. The molecule has 176 valence electrons. The molecule has 0 aromatic rings. The molecule has 0 spiro atoms. The summed E-state index contributed by atoms with van der Waals surface area (Å²) in [6, 6.07) is 0. The lowest BCUT2D eigenvalue weighted by Gasteiger charge is -2.17. The van der Waals surface area contributed by atoms with Gasteiger partial charge in [0.1, 0.15) is 12.7 Å². The predicted octanol–water partition coefficient (Wildman–Crippen LogP) is 5.26. The average molecular weight is 431 g/mol. The number of aliphatic hydroxyl groups excluding tert-OH is 3. The van der Waals surface area contributed by atoms with Crippen molar-refractivity contribution in [1.82, 2.24) is 0 Å². The minimum atomic E-state index is -1.41. The molecule has 1 rings (SSSR count). The van der Waals surface area contributed by atoms with Gasteiger partial charge in [-0.05, 0) is 6.42 Å². The van der Waals surface area contributed by atoms with Gasteiger partial charge in [-0.2, -0.15) is 0 Å². The van der Waals surface area contributed by atoms with Crippen molar-refractivity contribution in [1.29, 1.82) is 0 Å². The molecule has 0 unspecified atom stereocenters. The zero-order chi connectivity index (χ0) is 22.8. The lowest BCUT2D eigenvalue weighted by Crippen LogP contribution is -2.33. The van der Waals surface area contributed by atoms with Crippen molar-refractivity contribution < 1.29 is 34.4 Å². The fraction of sp³-hybridized carbons (Fsp3) is 0.826. The van der Waals surface area contributed by atoms with Crippen LogP contribution in [0.5, 0.6) is 0 Å². The van der Waals surface area contributed by atoms with Crippen LogP contribution in [0, 0.1) is 0 Å². The molecule has 0 amide bonds. The molecule has 0 radical (unpaired) electrons. The Morgan fingerprint density at radius 1 is 0.900 bits per heavy atom. The van der Waals surface area contributed by atoms with Crippen molar-refractivity contribution in [3.8, 4) is 0 Å². The zero-order valence-corrected chi connectivity index (χ0v) is 19.0. The molecule has 1 heterocycles. The number of hydrogen-bond acceptors (Lipinski definition) is 7. The van der Waals surface area contributed by atoms with Gasteiger partial charge in [0.25, 0.3) is 0 Å². The molecule has 2 atom stereocenters. The van der Waals surface area contributed by atoms with Crippen LogP contribution in [-0.4, -0.2) is 46.1 Å². The maximum absolute atomic E-state index is 11.5. The Morgan fingerprint density at radius 2 is 1.37 bits per heavy atom. The Balaban J connectivity index is 0.000000890. The number of carbonyl (C=O) groups excluding carboxylic acids is 2. The molecule has 30 heavy (non-hydrogen) atoms. The molecule has 0 aromatic carbocycles. The first-order chi connectivity index (χ1) is 14.4. The van der Waals surface area contributed by atoms with E-state index in [0.29, 0.717) is 0 Å². The van der Waals surface area contributed by atoms with E-state index < -0.39 is 42.3 Å². The summed E-state index contributed by atoms with van der Waals surface area (Å²) in [6.07, 6.45) is 12.2. The van der Waals surface area contributed by atoms with Crippen LogP contribution in [0.2, 0.25) is 0 Å². The number of ether oxygens (including phenoxy) is 2. The molecule has 0 saturated heterocycles. The van der Waals surface area contributed by atoms with Crippen molar-refractivity contribution in [2.75, 3.05) is 6.61 Å². The number of esters is 2. The molecule has 0 aromatic heterocycles. The van der Waals surface area contributed by atoms with E-state index in [-0.39, 0.29) is 6.42 Å². The minimum Gasteiger partial charge on any atom is -0.505 e. The van der Waals surface area contributed by atoms with Gasteiger partial charge < -0.3 is 24.8 Å². The van der Waals surface area contributed by atoms with E-state index in [1.54, 1.807) is 0 Å². The Bertz CT molecular complexity index is 496. The van der Waals surface area contributed by atoms with E-state index in [1.807, 2.05) is 0 Å². The lowest BCUT2D eigenvalue weighted by molar-refractivity contribution is -0.154. The Kier molecular flexibility index (Phi) is 17.0. The van der Waals surface area contributed by atoms with Crippen LogP contribution in [0.1, 0.15) is 104 Å². The number of rotatable bonds is 15. The molecule has 7 nitrogen and oxygen atoms in total. The van der Waals surface area contributed by atoms with Gasteiger partial charge in [0.05, 0.1) is 0 Å². The van der Waals surface area contributed by atoms with Gasteiger partial charge in [-0.15, -0.1) is 0 Å². The van der Waals surface area contributed by atoms with E-state index in [1.165, 1.54) is 51.4 Å². The van der Waals surface area contributed by atoms with Crippen LogP contribution >= 0.6 is 0 Å². The molecule has 1 aliphatic heterocycles. The smallest absolute Gasteiger partial charge is 0.377 e. The van der Waals surface area contributed by atoms with Gasteiger partial charge in [-0.25, -0.2) is 4.79 Å². The highest BCUT2D eigenvalue weighted by Crippen LogP contribution is 2.21. The molecule has 0 saturated carbocycles. The van der Waals surface area contributed by atoms with Crippen molar-refractivity contribution in [3.05, 3.63) is 11.5 Å². The van der Waals surface area contributed by atoms with Crippen molar-refractivity contribution in [3.63, 3.8) is 0 Å². The van der Waals surface area contributed by atoms with Gasteiger partial charge in [0.2, 0.25) is 5.76 Å². The highest BCUT2D eigenvalue weighted by Gasteiger charge is 2.39. The third-order valence-corrected chi connectivity index (χ3v) is 4.90. The third-order valence-electron chi connectivity index (χ3n) is 4.90. The molecule has 1 aliphatic rings. The highest BCUT2D eigenvalue weighted by molar-refractivity contribution is 5.89. The summed E-state index contributed by atoms with van der Waals surface area (Å²) >= 11 is 0. The van der Waals surface area contributed by atoms with Crippen LogP contribution in [0.25, 0.3) is 0 Å². The summed E-state index contributed by atoms with van der Waals surface area (Å²) in [5, 5.41) is 28.2. The van der Waals surface area contributed by atoms with Crippen LogP contribution in [0.4, 0.5) is 0 Å². The molecule has 0 fully saturated rings. The number of aliphatic hydroxyl groups is 3. The SMILES string of the molecule is CCCCCCCC.CCCCCCCCC(=O)OC[C@H](O)[C@H]1OC(=O)C(O)=C1O. The largest absolute Gasteiger partial charge is 0.505 e. The highest BCUT2D eigenvalue weighted by atomic mass is 16.6. The fourth-order valence-electron chi connectivity index (χ4n) is 2.97. The first kappa shape index (κ1) is 28.2. The van der Waals surface area contributed by atoms with Gasteiger partial charge >= 0.3 is 11.9 Å². The zero-order valence-electron chi connectivity index (χ0n) is 19.0. The summed E-state index contributed by atoms with van der Waals surface area (Å²) in [6.45, 7) is 6.23. The van der Waals surface area contributed by atoms with Crippen molar-refractivity contribution in [2.45, 2.75) is 116 Å². The maximum atomic E-state index is 11.5. The van der Waals surface area contributed by atoms with Gasteiger partial charge in [0, 0.05) is 6.42 Å². The van der Waals surface area contributed by atoms with E-state index >= 15 is 0 Å². The number of cyclic esters (lactones) is 1.